The Morgan fingerprint density at radius 1 is 0.829 bits per heavy atom. The highest BCUT2D eigenvalue weighted by molar-refractivity contribution is 6.41. The summed E-state index contributed by atoms with van der Waals surface area (Å²) in [5, 5.41) is 6.09. The quantitative estimate of drug-likeness (QED) is 0.317. The van der Waals surface area contributed by atoms with Gasteiger partial charge in [0.2, 0.25) is 0 Å². The lowest BCUT2D eigenvalue weighted by atomic mass is 10.0. The number of halogens is 4. The van der Waals surface area contributed by atoms with Gasteiger partial charge in [0.05, 0.1) is 38.3 Å². The summed E-state index contributed by atoms with van der Waals surface area (Å²) < 4.78 is 4.69. The molecule has 7 nitrogen and oxygen atoms in total. The first-order valence-electron chi connectivity index (χ1n) is 10.1. The normalized spacial score (nSPS) is 11.5. The van der Waals surface area contributed by atoms with Crippen LogP contribution in [0.3, 0.4) is 0 Å². The van der Waals surface area contributed by atoms with E-state index in [9.17, 15) is 14.4 Å². The number of anilines is 2. The zero-order valence-electron chi connectivity index (χ0n) is 18.2. The fourth-order valence-corrected chi connectivity index (χ4v) is 4.37. The lowest BCUT2D eigenvalue weighted by molar-refractivity contribution is -0.142. The maximum atomic E-state index is 13.0. The summed E-state index contributed by atoms with van der Waals surface area (Å²) >= 11 is 24.6. The number of carbonyl (C=O) groups excluding carboxylic acids is 3. The van der Waals surface area contributed by atoms with Crippen LogP contribution < -0.4 is 16.4 Å². The molecule has 35 heavy (non-hydrogen) atoms. The van der Waals surface area contributed by atoms with E-state index in [-0.39, 0.29) is 43.3 Å². The second-order valence-electron chi connectivity index (χ2n) is 7.31. The molecule has 11 heteroatoms. The molecule has 0 fully saturated rings. The van der Waals surface area contributed by atoms with Crippen LogP contribution in [-0.4, -0.2) is 30.9 Å². The zero-order valence-corrected chi connectivity index (χ0v) is 21.2. The minimum absolute atomic E-state index is 0.0448. The number of rotatable bonds is 7. The molecular weight excluding hydrogens is 536 g/mol. The molecule has 4 N–H and O–H groups in total. The van der Waals surface area contributed by atoms with Gasteiger partial charge in [-0.15, -0.1) is 0 Å². The third-order valence-electron chi connectivity index (χ3n) is 4.94. The molecule has 0 radical (unpaired) electrons. The van der Waals surface area contributed by atoms with Crippen LogP contribution in [0.5, 0.6) is 0 Å². The summed E-state index contributed by atoms with van der Waals surface area (Å²) in [4.78, 5) is 37.7. The Labute approximate surface area is 221 Å². The Morgan fingerprint density at radius 2 is 1.31 bits per heavy atom. The van der Waals surface area contributed by atoms with Crippen molar-refractivity contribution in [2.24, 2.45) is 5.73 Å². The van der Waals surface area contributed by atoms with Crippen LogP contribution in [-0.2, 0) is 16.0 Å². The van der Waals surface area contributed by atoms with Crippen molar-refractivity contribution in [1.29, 1.82) is 0 Å². The first-order valence-corrected chi connectivity index (χ1v) is 11.6. The summed E-state index contributed by atoms with van der Waals surface area (Å²) in [5.74, 6) is -1.76. The Hall–Kier alpha value is -2.81. The van der Waals surface area contributed by atoms with Gasteiger partial charge in [-0.2, -0.15) is 0 Å². The van der Waals surface area contributed by atoms with E-state index in [1.807, 2.05) is 0 Å². The van der Waals surface area contributed by atoms with Gasteiger partial charge in [-0.25, -0.2) is 0 Å². The monoisotopic (exact) mass is 553 g/mol. The van der Waals surface area contributed by atoms with Crippen LogP contribution >= 0.6 is 46.4 Å². The van der Waals surface area contributed by atoms with Crippen LogP contribution in [0.1, 0.15) is 26.3 Å². The summed E-state index contributed by atoms with van der Waals surface area (Å²) in [6.07, 6.45) is 0.0448. The number of esters is 1. The Bertz CT molecular complexity index is 1260. The van der Waals surface area contributed by atoms with E-state index >= 15 is 0 Å². The number of amides is 2. The lowest BCUT2D eigenvalue weighted by Gasteiger charge is -2.17. The van der Waals surface area contributed by atoms with Crippen LogP contribution in [0.2, 0.25) is 20.1 Å². The first kappa shape index (κ1) is 26.8. The third kappa shape index (κ3) is 6.45. The minimum Gasteiger partial charge on any atom is -0.468 e. The topological polar surface area (TPSA) is 111 Å². The molecule has 182 valence electrons. The maximum absolute atomic E-state index is 13.0. The largest absolute Gasteiger partial charge is 0.468 e. The average Bonchev–Trinajstić information content (AvgIpc) is 2.79. The molecule has 0 heterocycles. The van der Waals surface area contributed by atoms with Gasteiger partial charge >= 0.3 is 5.97 Å². The van der Waals surface area contributed by atoms with Crippen molar-refractivity contribution in [1.82, 2.24) is 0 Å². The van der Waals surface area contributed by atoms with Crippen molar-refractivity contribution in [2.75, 3.05) is 17.7 Å². The number of benzene rings is 3. The fourth-order valence-electron chi connectivity index (χ4n) is 3.23. The zero-order chi connectivity index (χ0) is 25.7. The highest BCUT2D eigenvalue weighted by Crippen LogP contribution is 2.29. The number of hydrogen-bond acceptors (Lipinski definition) is 5. The molecule has 3 aromatic carbocycles. The van der Waals surface area contributed by atoms with E-state index in [2.05, 4.69) is 15.4 Å². The predicted octanol–water partition coefficient (Wildman–Crippen LogP) is 5.85. The van der Waals surface area contributed by atoms with Crippen molar-refractivity contribution in [3.63, 3.8) is 0 Å². The van der Waals surface area contributed by atoms with E-state index in [4.69, 9.17) is 52.1 Å². The summed E-state index contributed by atoms with van der Waals surface area (Å²) in [7, 11) is 1.22. The van der Waals surface area contributed by atoms with Gasteiger partial charge in [-0.3, -0.25) is 14.4 Å². The predicted molar refractivity (Wildman–Crippen MR) is 139 cm³/mol. The minimum atomic E-state index is -0.984. The van der Waals surface area contributed by atoms with Gasteiger partial charge in [0.25, 0.3) is 11.8 Å². The molecule has 0 aromatic heterocycles. The summed E-state index contributed by atoms with van der Waals surface area (Å²) in [6, 6.07) is 13.1. The van der Waals surface area contributed by atoms with Crippen molar-refractivity contribution in [3.05, 3.63) is 91.4 Å². The summed E-state index contributed by atoms with van der Waals surface area (Å²) in [6.45, 7) is 0. The molecule has 0 aliphatic heterocycles. The molecule has 1 atom stereocenters. The molecule has 0 unspecified atom stereocenters. The van der Waals surface area contributed by atoms with Gasteiger partial charge in [-0.05, 0) is 42.0 Å². The van der Waals surface area contributed by atoms with Gasteiger partial charge in [0.1, 0.15) is 6.04 Å². The highest BCUT2D eigenvalue weighted by atomic mass is 35.5. The molecule has 0 aliphatic rings. The Balaban J connectivity index is 1.96. The maximum Gasteiger partial charge on any atom is 0.322 e. The Morgan fingerprint density at radius 3 is 1.80 bits per heavy atom. The van der Waals surface area contributed by atoms with Crippen molar-refractivity contribution >= 4 is 75.6 Å². The summed E-state index contributed by atoms with van der Waals surface area (Å²) in [5.41, 5.74) is 7.18. The van der Waals surface area contributed by atoms with Gasteiger partial charge < -0.3 is 21.1 Å². The van der Waals surface area contributed by atoms with Gasteiger partial charge in [0, 0.05) is 17.8 Å². The number of carbonyl (C=O) groups is 3. The van der Waals surface area contributed by atoms with Crippen LogP contribution in [0.25, 0.3) is 0 Å². The second-order valence-corrected chi connectivity index (χ2v) is 8.94. The number of hydrogen-bond donors (Lipinski definition) is 3. The standard InChI is InChI=1S/C24H19Cl4N3O4/c1-35-24(34)18(29)10-12-8-9-13(30-22(32)20-14(25)4-2-5-15(20)26)11-19(12)31-23(33)21-16(27)6-3-7-17(21)28/h2-9,11,18H,10,29H2,1H3,(H,30,32)(H,31,33)/t18-/m0/s1. The van der Waals surface area contributed by atoms with Gasteiger partial charge in [0.15, 0.2) is 0 Å². The smallest absolute Gasteiger partial charge is 0.322 e. The number of methoxy groups -OCH3 is 1. The van der Waals surface area contributed by atoms with E-state index in [0.717, 1.165) is 0 Å². The van der Waals surface area contributed by atoms with Crippen molar-refractivity contribution in [3.8, 4) is 0 Å². The molecule has 0 spiro atoms. The lowest BCUT2D eigenvalue weighted by Crippen LogP contribution is -2.34. The van der Waals surface area contributed by atoms with E-state index in [1.165, 1.54) is 25.3 Å². The molecule has 3 aromatic rings. The van der Waals surface area contributed by atoms with Crippen molar-refractivity contribution < 1.29 is 19.1 Å². The highest BCUT2D eigenvalue weighted by Gasteiger charge is 2.21. The van der Waals surface area contributed by atoms with Crippen molar-refractivity contribution in [2.45, 2.75) is 12.5 Å². The van der Waals surface area contributed by atoms with E-state index in [1.54, 1.807) is 36.4 Å². The first-order chi connectivity index (χ1) is 16.6. The fraction of sp³-hybridized carbons (Fsp3) is 0.125. The molecule has 0 saturated heterocycles. The Kier molecular flexibility index (Phi) is 8.99. The molecule has 0 bridgehead atoms. The van der Waals surface area contributed by atoms with E-state index in [0.29, 0.717) is 11.3 Å². The van der Waals surface area contributed by atoms with Crippen LogP contribution in [0.4, 0.5) is 11.4 Å². The SMILES string of the molecule is COC(=O)[C@@H](N)Cc1ccc(NC(=O)c2c(Cl)cccc2Cl)cc1NC(=O)c1c(Cl)cccc1Cl. The molecular formula is C24H19Cl4N3O4. The average molecular weight is 555 g/mol. The molecule has 3 rings (SSSR count). The van der Waals surface area contributed by atoms with Crippen LogP contribution in [0.15, 0.2) is 54.6 Å². The van der Waals surface area contributed by atoms with Gasteiger partial charge in [-0.1, -0.05) is 64.6 Å². The number of nitrogens with two attached hydrogens (primary N) is 1. The van der Waals surface area contributed by atoms with E-state index < -0.39 is 23.8 Å². The third-order valence-corrected chi connectivity index (χ3v) is 6.20. The number of ether oxygens (including phenoxy) is 1. The molecule has 0 aliphatic carbocycles. The molecule has 2 amide bonds. The van der Waals surface area contributed by atoms with Crippen LogP contribution in [0, 0.1) is 0 Å². The number of nitrogens with one attached hydrogen (secondary N) is 2. The second kappa shape index (κ2) is 11.7. The molecule has 0 saturated carbocycles.